The molecule has 17 heavy (non-hydrogen) atoms. The molecule has 0 unspecified atom stereocenters. The Bertz CT molecular complexity index is 205. The Hall–Kier alpha value is -0.610. The van der Waals surface area contributed by atoms with Crippen molar-refractivity contribution in [1.82, 2.24) is 15.5 Å². The van der Waals surface area contributed by atoms with Gasteiger partial charge < -0.3 is 15.5 Å². The van der Waals surface area contributed by atoms with E-state index >= 15 is 0 Å². The molecule has 2 N–H and O–H groups in total. The summed E-state index contributed by atoms with van der Waals surface area (Å²) in [6, 6.07) is 1.02. The Balaban J connectivity index is 3.39. The van der Waals surface area contributed by atoms with Crippen molar-refractivity contribution in [2.45, 2.75) is 52.6 Å². The third-order valence-electron chi connectivity index (χ3n) is 2.80. The van der Waals surface area contributed by atoms with Gasteiger partial charge in [0.1, 0.15) is 0 Å². The van der Waals surface area contributed by atoms with Crippen molar-refractivity contribution in [1.29, 1.82) is 0 Å². The van der Waals surface area contributed by atoms with Crippen LogP contribution in [-0.4, -0.2) is 49.6 Å². The number of carbonyl (C=O) groups excluding carboxylic acids is 1. The summed E-state index contributed by atoms with van der Waals surface area (Å²) < 4.78 is 0. The first kappa shape index (κ1) is 16.4. The average Bonchev–Trinajstić information content (AvgIpc) is 2.23. The quantitative estimate of drug-likeness (QED) is 0.599. The van der Waals surface area contributed by atoms with Crippen LogP contribution in [0.1, 0.15) is 40.5 Å². The standard InChI is InChI=1S/C13H29N3O/c1-11(2)14-9-7-13(17)15-8-6-10-16(5)12(3)4/h11-12,14H,6-10H2,1-5H3,(H,15,17). The molecular formula is C13H29N3O. The van der Waals surface area contributed by atoms with Crippen LogP contribution < -0.4 is 10.6 Å². The van der Waals surface area contributed by atoms with E-state index in [1.807, 2.05) is 0 Å². The summed E-state index contributed by atoms with van der Waals surface area (Å²) in [5.74, 6) is 0.144. The van der Waals surface area contributed by atoms with Crippen molar-refractivity contribution < 1.29 is 4.79 Å². The van der Waals surface area contributed by atoms with Crippen molar-refractivity contribution in [3.8, 4) is 0 Å². The maximum absolute atomic E-state index is 11.4. The van der Waals surface area contributed by atoms with Crippen LogP contribution in [0.4, 0.5) is 0 Å². The molecule has 0 aliphatic heterocycles. The van der Waals surface area contributed by atoms with Gasteiger partial charge in [0, 0.05) is 31.6 Å². The van der Waals surface area contributed by atoms with Crippen LogP contribution in [-0.2, 0) is 4.79 Å². The number of hydrogen-bond acceptors (Lipinski definition) is 3. The van der Waals surface area contributed by atoms with Crippen molar-refractivity contribution in [2.75, 3.05) is 26.7 Å². The highest BCUT2D eigenvalue weighted by molar-refractivity contribution is 5.75. The molecule has 102 valence electrons. The first-order valence-electron chi connectivity index (χ1n) is 6.63. The van der Waals surface area contributed by atoms with Crippen LogP contribution in [0.5, 0.6) is 0 Å². The van der Waals surface area contributed by atoms with Crippen LogP contribution in [0.3, 0.4) is 0 Å². The lowest BCUT2D eigenvalue weighted by Crippen LogP contribution is -2.33. The van der Waals surface area contributed by atoms with E-state index in [0.717, 1.165) is 26.1 Å². The fraction of sp³-hybridized carbons (Fsp3) is 0.923. The van der Waals surface area contributed by atoms with Crippen molar-refractivity contribution >= 4 is 5.91 Å². The third kappa shape index (κ3) is 10.3. The molecule has 1 amide bonds. The molecule has 0 saturated heterocycles. The summed E-state index contributed by atoms with van der Waals surface area (Å²) in [6.45, 7) is 11.1. The second-order valence-electron chi connectivity index (χ2n) is 5.14. The zero-order valence-corrected chi connectivity index (χ0v) is 12.0. The topological polar surface area (TPSA) is 44.4 Å². The predicted molar refractivity (Wildman–Crippen MR) is 73.1 cm³/mol. The largest absolute Gasteiger partial charge is 0.356 e. The summed E-state index contributed by atoms with van der Waals surface area (Å²) in [5, 5.41) is 6.18. The summed E-state index contributed by atoms with van der Waals surface area (Å²) in [6.07, 6.45) is 1.58. The van der Waals surface area contributed by atoms with Crippen LogP contribution >= 0.6 is 0 Å². The van der Waals surface area contributed by atoms with Gasteiger partial charge in [-0.2, -0.15) is 0 Å². The first-order chi connectivity index (χ1) is 7.93. The van der Waals surface area contributed by atoms with Crippen molar-refractivity contribution in [3.63, 3.8) is 0 Å². The minimum atomic E-state index is 0.144. The highest BCUT2D eigenvalue weighted by Crippen LogP contribution is 1.94. The molecule has 0 bridgehead atoms. The second kappa shape index (κ2) is 9.42. The van der Waals surface area contributed by atoms with Crippen LogP contribution in [0.25, 0.3) is 0 Å². The Kier molecular flexibility index (Phi) is 9.09. The number of rotatable bonds is 9. The minimum absolute atomic E-state index is 0.144. The molecule has 0 aromatic heterocycles. The lowest BCUT2D eigenvalue weighted by molar-refractivity contribution is -0.121. The van der Waals surface area contributed by atoms with Gasteiger partial charge in [-0.25, -0.2) is 0 Å². The maximum Gasteiger partial charge on any atom is 0.221 e. The summed E-state index contributed by atoms with van der Waals surface area (Å²) in [4.78, 5) is 13.7. The van der Waals surface area contributed by atoms with E-state index in [2.05, 4.69) is 50.3 Å². The number of carbonyl (C=O) groups is 1. The molecule has 0 rings (SSSR count). The van der Waals surface area contributed by atoms with Crippen molar-refractivity contribution in [2.24, 2.45) is 0 Å². The van der Waals surface area contributed by atoms with Crippen LogP contribution in [0.2, 0.25) is 0 Å². The van der Waals surface area contributed by atoms with Gasteiger partial charge in [-0.1, -0.05) is 13.8 Å². The van der Waals surface area contributed by atoms with E-state index < -0.39 is 0 Å². The van der Waals surface area contributed by atoms with E-state index in [1.165, 1.54) is 0 Å². The summed E-state index contributed by atoms with van der Waals surface area (Å²) >= 11 is 0. The lowest BCUT2D eigenvalue weighted by Gasteiger charge is -2.20. The number of nitrogens with zero attached hydrogens (tertiary/aromatic N) is 1. The number of amides is 1. The monoisotopic (exact) mass is 243 g/mol. The van der Waals surface area contributed by atoms with E-state index in [1.54, 1.807) is 0 Å². The molecule has 0 atom stereocenters. The Morgan fingerprint density at radius 2 is 1.82 bits per heavy atom. The number of nitrogens with one attached hydrogen (secondary N) is 2. The van der Waals surface area contributed by atoms with Gasteiger partial charge in [-0.05, 0) is 33.9 Å². The molecule has 0 aliphatic rings. The molecule has 4 nitrogen and oxygen atoms in total. The lowest BCUT2D eigenvalue weighted by atomic mass is 10.3. The molecule has 0 saturated carbocycles. The molecule has 0 aliphatic carbocycles. The Labute approximate surface area is 106 Å². The van der Waals surface area contributed by atoms with Crippen molar-refractivity contribution in [3.05, 3.63) is 0 Å². The highest BCUT2D eigenvalue weighted by atomic mass is 16.1. The zero-order valence-electron chi connectivity index (χ0n) is 12.0. The Morgan fingerprint density at radius 1 is 1.18 bits per heavy atom. The Morgan fingerprint density at radius 3 is 2.35 bits per heavy atom. The molecule has 0 fully saturated rings. The smallest absolute Gasteiger partial charge is 0.221 e. The molecule has 0 aromatic rings. The average molecular weight is 243 g/mol. The van der Waals surface area contributed by atoms with Gasteiger partial charge in [0.05, 0.1) is 0 Å². The van der Waals surface area contributed by atoms with Crippen LogP contribution in [0.15, 0.2) is 0 Å². The van der Waals surface area contributed by atoms with Crippen LogP contribution in [0, 0.1) is 0 Å². The molecule has 4 heteroatoms. The highest BCUT2D eigenvalue weighted by Gasteiger charge is 2.04. The van der Waals surface area contributed by atoms with Gasteiger partial charge in [-0.3, -0.25) is 4.79 Å². The third-order valence-corrected chi connectivity index (χ3v) is 2.80. The molecular weight excluding hydrogens is 214 g/mol. The van der Waals surface area contributed by atoms with Gasteiger partial charge in [0.2, 0.25) is 5.91 Å². The summed E-state index contributed by atoms with van der Waals surface area (Å²) in [7, 11) is 2.11. The first-order valence-corrected chi connectivity index (χ1v) is 6.63. The predicted octanol–water partition coefficient (Wildman–Crippen LogP) is 1.22. The van der Waals surface area contributed by atoms with Gasteiger partial charge in [-0.15, -0.1) is 0 Å². The van der Waals surface area contributed by atoms with Gasteiger partial charge >= 0.3 is 0 Å². The summed E-state index contributed by atoms with van der Waals surface area (Å²) in [5.41, 5.74) is 0. The van der Waals surface area contributed by atoms with Gasteiger partial charge in [0.15, 0.2) is 0 Å². The van der Waals surface area contributed by atoms with E-state index in [4.69, 9.17) is 0 Å². The van der Waals surface area contributed by atoms with E-state index in [9.17, 15) is 4.79 Å². The maximum atomic E-state index is 11.4. The fourth-order valence-electron chi connectivity index (χ4n) is 1.38. The van der Waals surface area contributed by atoms with Gasteiger partial charge in [0.25, 0.3) is 0 Å². The molecule has 0 heterocycles. The minimum Gasteiger partial charge on any atom is -0.356 e. The van der Waals surface area contributed by atoms with E-state index in [-0.39, 0.29) is 5.91 Å². The molecule has 0 spiro atoms. The normalized spacial score (nSPS) is 11.5. The van der Waals surface area contributed by atoms with E-state index in [0.29, 0.717) is 18.5 Å². The molecule has 0 radical (unpaired) electrons. The molecule has 0 aromatic carbocycles. The zero-order chi connectivity index (χ0) is 13.3. The second-order valence-corrected chi connectivity index (χ2v) is 5.14. The fourth-order valence-corrected chi connectivity index (χ4v) is 1.38. The SMILES string of the molecule is CC(C)NCCC(=O)NCCCN(C)C(C)C. The number of hydrogen-bond donors (Lipinski definition) is 2.